The summed E-state index contributed by atoms with van der Waals surface area (Å²) in [6.07, 6.45) is 4.96. The highest BCUT2D eigenvalue weighted by Crippen LogP contribution is 1.98. The number of halogens is 1. The van der Waals surface area contributed by atoms with Gasteiger partial charge < -0.3 is 15.2 Å². The van der Waals surface area contributed by atoms with Gasteiger partial charge in [-0.25, -0.2) is 4.99 Å². The van der Waals surface area contributed by atoms with Crippen LogP contribution in [0.2, 0.25) is 0 Å². The third-order valence-corrected chi connectivity index (χ3v) is 2.61. The Morgan fingerprint density at radius 3 is 2.60 bits per heavy atom. The van der Waals surface area contributed by atoms with Gasteiger partial charge in [0.15, 0.2) is 11.8 Å². The summed E-state index contributed by atoms with van der Waals surface area (Å²) in [5.41, 5.74) is 0. The first-order chi connectivity index (χ1) is 9.26. The van der Waals surface area contributed by atoms with Crippen molar-refractivity contribution < 1.29 is 4.52 Å². The molecule has 1 rings (SSSR count). The van der Waals surface area contributed by atoms with Crippen LogP contribution < -0.4 is 10.6 Å². The average Bonchev–Trinajstić information content (AvgIpc) is 2.81. The molecule has 0 bridgehead atoms. The number of nitrogens with zero attached hydrogens (tertiary/aromatic N) is 3. The van der Waals surface area contributed by atoms with Crippen LogP contribution in [0.3, 0.4) is 0 Å². The monoisotopic (exact) mass is 395 g/mol. The second-order valence-electron chi connectivity index (χ2n) is 4.42. The predicted octanol–water partition coefficient (Wildman–Crippen LogP) is 2.63. The summed E-state index contributed by atoms with van der Waals surface area (Å²) in [4.78, 5) is 8.54. The Hall–Kier alpha value is -0.860. The van der Waals surface area contributed by atoms with Gasteiger partial charge in [0.05, 0.1) is 0 Å². The molecule has 2 N–H and O–H groups in total. The Morgan fingerprint density at radius 2 is 2.00 bits per heavy atom. The number of aryl methyl sites for hydroxylation is 1. The minimum absolute atomic E-state index is 0. The fourth-order valence-electron chi connectivity index (χ4n) is 1.65. The van der Waals surface area contributed by atoms with Gasteiger partial charge >= 0.3 is 0 Å². The van der Waals surface area contributed by atoms with Gasteiger partial charge in [-0.15, -0.1) is 24.0 Å². The number of hydrogen-bond acceptors (Lipinski definition) is 4. The van der Waals surface area contributed by atoms with Crippen molar-refractivity contribution in [3.8, 4) is 0 Å². The minimum Gasteiger partial charge on any atom is -0.357 e. The molecule has 0 unspecified atom stereocenters. The highest BCUT2D eigenvalue weighted by molar-refractivity contribution is 14.0. The molecule has 0 spiro atoms. The molecule has 0 aliphatic carbocycles. The van der Waals surface area contributed by atoms with Crippen molar-refractivity contribution >= 4 is 29.9 Å². The fraction of sp³-hybridized carbons (Fsp3) is 0.769. The summed E-state index contributed by atoms with van der Waals surface area (Å²) in [5.74, 6) is 1.98. The molecule has 6 nitrogen and oxygen atoms in total. The normalized spacial score (nSPS) is 11.1. The molecule has 0 saturated carbocycles. The third kappa shape index (κ3) is 8.34. The van der Waals surface area contributed by atoms with E-state index in [4.69, 9.17) is 4.52 Å². The second-order valence-corrected chi connectivity index (χ2v) is 4.42. The van der Waals surface area contributed by atoms with Crippen LogP contribution in [0.4, 0.5) is 0 Å². The van der Waals surface area contributed by atoms with E-state index in [1.165, 1.54) is 19.3 Å². The van der Waals surface area contributed by atoms with E-state index in [0.717, 1.165) is 25.5 Å². The Kier molecular flexibility index (Phi) is 11.4. The van der Waals surface area contributed by atoms with Crippen molar-refractivity contribution in [3.63, 3.8) is 0 Å². The maximum absolute atomic E-state index is 5.03. The summed E-state index contributed by atoms with van der Waals surface area (Å²) in [6.45, 7) is 8.24. The zero-order chi connectivity index (χ0) is 13.9. The molecule has 20 heavy (non-hydrogen) atoms. The Morgan fingerprint density at radius 1 is 1.20 bits per heavy atom. The molecule has 0 saturated heterocycles. The first-order valence-electron chi connectivity index (χ1n) is 7.07. The number of rotatable bonds is 8. The maximum atomic E-state index is 5.03. The number of aromatic nitrogens is 2. The first kappa shape index (κ1) is 19.1. The lowest BCUT2D eigenvalue weighted by molar-refractivity contribution is 0.376. The minimum atomic E-state index is 0. The fourth-order valence-corrected chi connectivity index (χ4v) is 1.65. The quantitative estimate of drug-likeness (QED) is 0.306. The van der Waals surface area contributed by atoms with Crippen molar-refractivity contribution in [1.82, 2.24) is 20.8 Å². The molecular formula is C13H26IN5O. The third-order valence-electron chi connectivity index (χ3n) is 2.61. The molecule has 1 aromatic rings. The van der Waals surface area contributed by atoms with E-state index >= 15 is 0 Å². The van der Waals surface area contributed by atoms with Crippen molar-refractivity contribution in [3.05, 3.63) is 11.7 Å². The van der Waals surface area contributed by atoms with Crippen molar-refractivity contribution in [2.24, 2.45) is 4.99 Å². The average molecular weight is 395 g/mol. The number of guanidine groups is 1. The summed E-state index contributed by atoms with van der Waals surface area (Å²) in [5, 5.41) is 10.2. The van der Waals surface area contributed by atoms with Gasteiger partial charge in [0.25, 0.3) is 0 Å². The Labute approximate surface area is 138 Å². The molecule has 0 amide bonds. The number of nitrogens with one attached hydrogen (secondary N) is 2. The molecule has 1 heterocycles. The summed E-state index contributed by atoms with van der Waals surface area (Å²) < 4.78 is 5.03. The topological polar surface area (TPSA) is 75.3 Å². The van der Waals surface area contributed by atoms with Crippen LogP contribution >= 0.6 is 24.0 Å². The van der Waals surface area contributed by atoms with Crippen molar-refractivity contribution in [2.45, 2.75) is 53.0 Å². The molecule has 1 aromatic heterocycles. The number of unbranched alkanes of at least 4 members (excludes halogenated alkanes) is 3. The number of aliphatic imine (C=N–C) groups is 1. The van der Waals surface area contributed by atoms with E-state index in [1.54, 1.807) is 6.92 Å². The maximum Gasteiger partial charge on any atom is 0.248 e. The lowest BCUT2D eigenvalue weighted by atomic mass is 10.2. The smallest absolute Gasteiger partial charge is 0.248 e. The zero-order valence-corrected chi connectivity index (χ0v) is 14.9. The first-order valence-corrected chi connectivity index (χ1v) is 7.07. The van der Waals surface area contributed by atoms with E-state index in [-0.39, 0.29) is 24.0 Å². The lowest BCUT2D eigenvalue weighted by Crippen LogP contribution is -2.37. The van der Waals surface area contributed by atoms with Gasteiger partial charge in [0.2, 0.25) is 5.89 Å². The lowest BCUT2D eigenvalue weighted by Gasteiger charge is -2.10. The molecular weight excluding hydrogens is 369 g/mol. The number of hydrogen-bond donors (Lipinski definition) is 2. The highest BCUT2D eigenvalue weighted by Gasteiger charge is 2.02. The van der Waals surface area contributed by atoms with Crippen LogP contribution in [-0.4, -0.2) is 29.2 Å². The van der Waals surface area contributed by atoms with E-state index in [0.29, 0.717) is 18.3 Å². The van der Waals surface area contributed by atoms with Crippen molar-refractivity contribution in [2.75, 3.05) is 13.1 Å². The molecule has 0 radical (unpaired) electrons. The van der Waals surface area contributed by atoms with Crippen LogP contribution in [-0.2, 0) is 6.54 Å². The van der Waals surface area contributed by atoms with E-state index in [2.05, 4.69) is 32.7 Å². The Balaban J connectivity index is 0.00000361. The largest absolute Gasteiger partial charge is 0.357 e. The van der Waals surface area contributed by atoms with Gasteiger partial charge in [-0.3, -0.25) is 0 Å². The van der Waals surface area contributed by atoms with Gasteiger partial charge in [0.1, 0.15) is 6.54 Å². The molecule has 0 aliphatic rings. The van der Waals surface area contributed by atoms with Crippen molar-refractivity contribution in [1.29, 1.82) is 0 Å². The predicted molar refractivity (Wildman–Crippen MR) is 91.4 cm³/mol. The molecule has 116 valence electrons. The van der Waals surface area contributed by atoms with Crippen LogP contribution in [0.5, 0.6) is 0 Å². The van der Waals surface area contributed by atoms with Crippen LogP contribution in [0, 0.1) is 6.92 Å². The van der Waals surface area contributed by atoms with Crippen LogP contribution in [0.25, 0.3) is 0 Å². The van der Waals surface area contributed by atoms with E-state index < -0.39 is 0 Å². The SMILES string of the molecule is CCCCCCNC(=NCc1nc(C)no1)NCC.I. The van der Waals surface area contributed by atoms with E-state index in [9.17, 15) is 0 Å². The molecule has 0 fully saturated rings. The zero-order valence-electron chi connectivity index (χ0n) is 12.6. The van der Waals surface area contributed by atoms with Gasteiger partial charge in [-0.1, -0.05) is 31.3 Å². The molecule has 7 heteroatoms. The van der Waals surface area contributed by atoms with Crippen LogP contribution in [0.1, 0.15) is 51.2 Å². The van der Waals surface area contributed by atoms with Gasteiger partial charge in [0, 0.05) is 13.1 Å². The summed E-state index contributed by atoms with van der Waals surface area (Å²) in [7, 11) is 0. The second kappa shape index (κ2) is 11.9. The van der Waals surface area contributed by atoms with Gasteiger partial charge in [-0.05, 0) is 20.3 Å². The van der Waals surface area contributed by atoms with E-state index in [1.807, 2.05) is 6.92 Å². The molecule has 0 aromatic carbocycles. The molecule has 0 aliphatic heterocycles. The standard InChI is InChI=1S/C13H25N5O.HI/c1-4-6-7-8-9-15-13(14-5-2)16-10-12-17-11(3)18-19-12;/h4-10H2,1-3H3,(H2,14,15,16);1H. The summed E-state index contributed by atoms with van der Waals surface area (Å²) in [6, 6.07) is 0. The molecule has 0 atom stereocenters. The van der Waals surface area contributed by atoms with Crippen LogP contribution in [0.15, 0.2) is 9.52 Å². The highest BCUT2D eigenvalue weighted by atomic mass is 127. The summed E-state index contributed by atoms with van der Waals surface area (Å²) >= 11 is 0. The van der Waals surface area contributed by atoms with Gasteiger partial charge in [-0.2, -0.15) is 4.98 Å². The Bertz CT molecular complexity index is 381.